The van der Waals surface area contributed by atoms with Gasteiger partial charge < -0.3 is 9.73 Å². The zero-order valence-corrected chi connectivity index (χ0v) is 12.9. The number of hydrogen-bond donors (Lipinski definition) is 2. The molecule has 5 nitrogen and oxygen atoms in total. The van der Waals surface area contributed by atoms with Gasteiger partial charge in [0, 0.05) is 12.1 Å². The maximum Gasteiger partial charge on any atom is 0.237 e. The molecule has 3 rings (SSSR count). The third kappa shape index (κ3) is 3.04. The molecule has 2 atom stereocenters. The highest BCUT2D eigenvalue weighted by atomic mass is 16.4. The lowest BCUT2D eigenvalue weighted by Gasteiger charge is -2.28. The Morgan fingerprint density at radius 3 is 2.86 bits per heavy atom. The number of piperidine rings is 1. The number of nitrogens with zero attached hydrogens (tertiary/aromatic N) is 1. The summed E-state index contributed by atoms with van der Waals surface area (Å²) in [6.07, 6.45) is 0.994. The normalized spacial score (nSPS) is 21.6. The van der Waals surface area contributed by atoms with E-state index in [1.807, 2.05) is 37.3 Å². The molecule has 2 unspecified atom stereocenters. The summed E-state index contributed by atoms with van der Waals surface area (Å²) in [6.45, 7) is 5.29. The predicted octanol–water partition coefficient (Wildman–Crippen LogP) is 2.26. The largest absolute Gasteiger partial charge is 0.440 e. The van der Waals surface area contributed by atoms with Gasteiger partial charge in [0.15, 0.2) is 0 Å². The summed E-state index contributed by atoms with van der Waals surface area (Å²) in [5, 5.41) is 6.19. The van der Waals surface area contributed by atoms with Gasteiger partial charge in [-0.3, -0.25) is 10.1 Å². The number of carbonyl (C=O) groups is 1. The van der Waals surface area contributed by atoms with Crippen molar-refractivity contribution in [1.82, 2.24) is 15.6 Å². The van der Waals surface area contributed by atoms with Gasteiger partial charge in [0.25, 0.3) is 0 Å². The number of amides is 1. The molecule has 1 aliphatic heterocycles. The van der Waals surface area contributed by atoms with Crippen molar-refractivity contribution >= 4 is 5.91 Å². The average Bonchev–Trinajstić information content (AvgIpc) is 2.89. The topological polar surface area (TPSA) is 67.2 Å². The van der Waals surface area contributed by atoms with Crippen molar-refractivity contribution in [1.29, 1.82) is 0 Å². The zero-order chi connectivity index (χ0) is 15.5. The van der Waals surface area contributed by atoms with Crippen LogP contribution in [0, 0.1) is 12.8 Å². The Kier molecular flexibility index (Phi) is 4.24. The number of rotatable bonds is 4. The number of benzene rings is 1. The number of aromatic nitrogens is 1. The minimum absolute atomic E-state index is 0.0687. The van der Waals surface area contributed by atoms with Crippen molar-refractivity contribution in [2.45, 2.75) is 32.9 Å². The Balaban J connectivity index is 1.71. The molecule has 1 aliphatic rings. The Bertz CT molecular complexity index is 651. The summed E-state index contributed by atoms with van der Waals surface area (Å²) < 4.78 is 5.86. The van der Waals surface area contributed by atoms with E-state index >= 15 is 0 Å². The van der Waals surface area contributed by atoms with E-state index in [0.717, 1.165) is 30.0 Å². The minimum atomic E-state index is -0.168. The zero-order valence-electron chi connectivity index (χ0n) is 12.9. The molecule has 1 aromatic carbocycles. The molecule has 0 aliphatic carbocycles. The number of oxazole rings is 1. The summed E-state index contributed by atoms with van der Waals surface area (Å²) in [5.74, 6) is 1.80. The fourth-order valence-electron chi connectivity index (χ4n) is 2.75. The van der Waals surface area contributed by atoms with Crippen LogP contribution in [-0.4, -0.2) is 23.5 Å². The monoisotopic (exact) mass is 299 g/mol. The molecule has 0 bridgehead atoms. The van der Waals surface area contributed by atoms with Crippen LogP contribution in [0.1, 0.15) is 24.8 Å². The van der Waals surface area contributed by atoms with Gasteiger partial charge in [-0.2, -0.15) is 0 Å². The van der Waals surface area contributed by atoms with Gasteiger partial charge in [-0.15, -0.1) is 0 Å². The Hall–Kier alpha value is -2.14. The van der Waals surface area contributed by atoms with Crippen LogP contribution in [0.4, 0.5) is 0 Å². The second-order valence-electron chi connectivity index (χ2n) is 5.81. The first kappa shape index (κ1) is 14.8. The average molecular weight is 299 g/mol. The van der Waals surface area contributed by atoms with Gasteiger partial charge in [-0.1, -0.05) is 25.1 Å². The SMILES string of the molecule is Cc1nc(-c2ccccc2)oc1CNC1C(=O)NCCC1C. The summed E-state index contributed by atoms with van der Waals surface area (Å²) in [4.78, 5) is 16.4. The number of nitrogens with one attached hydrogen (secondary N) is 2. The number of aryl methyl sites for hydroxylation is 1. The molecule has 0 spiro atoms. The van der Waals surface area contributed by atoms with E-state index in [4.69, 9.17) is 4.42 Å². The summed E-state index contributed by atoms with van der Waals surface area (Å²) in [5.41, 5.74) is 1.82. The maximum atomic E-state index is 11.9. The van der Waals surface area contributed by atoms with Crippen molar-refractivity contribution in [2.75, 3.05) is 6.54 Å². The van der Waals surface area contributed by atoms with Crippen LogP contribution in [0.15, 0.2) is 34.7 Å². The quantitative estimate of drug-likeness (QED) is 0.909. The van der Waals surface area contributed by atoms with E-state index in [9.17, 15) is 4.79 Å². The first-order valence-corrected chi connectivity index (χ1v) is 7.68. The number of hydrogen-bond acceptors (Lipinski definition) is 4. The fourth-order valence-corrected chi connectivity index (χ4v) is 2.75. The lowest BCUT2D eigenvalue weighted by molar-refractivity contribution is -0.126. The van der Waals surface area contributed by atoms with E-state index in [1.165, 1.54) is 0 Å². The first-order chi connectivity index (χ1) is 10.6. The third-order valence-electron chi connectivity index (χ3n) is 4.15. The van der Waals surface area contributed by atoms with Crippen LogP contribution in [0.25, 0.3) is 11.5 Å². The van der Waals surface area contributed by atoms with Gasteiger partial charge in [-0.05, 0) is 31.4 Å². The molecule has 0 radical (unpaired) electrons. The Morgan fingerprint density at radius 1 is 1.36 bits per heavy atom. The maximum absolute atomic E-state index is 11.9. The van der Waals surface area contributed by atoms with E-state index in [-0.39, 0.29) is 11.9 Å². The highest BCUT2D eigenvalue weighted by Gasteiger charge is 2.28. The van der Waals surface area contributed by atoms with Crippen molar-refractivity contribution in [3.05, 3.63) is 41.8 Å². The van der Waals surface area contributed by atoms with Crippen molar-refractivity contribution < 1.29 is 9.21 Å². The van der Waals surface area contributed by atoms with E-state index < -0.39 is 0 Å². The van der Waals surface area contributed by atoms with E-state index in [1.54, 1.807) is 0 Å². The molecular weight excluding hydrogens is 278 g/mol. The Morgan fingerprint density at radius 2 is 2.14 bits per heavy atom. The van der Waals surface area contributed by atoms with Crippen molar-refractivity contribution in [3.63, 3.8) is 0 Å². The molecule has 5 heteroatoms. The van der Waals surface area contributed by atoms with Crippen molar-refractivity contribution in [3.8, 4) is 11.5 Å². The highest BCUT2D eigenvalue weighted by molar-refractivity contribution is 5.82. The molecule has 0 saturated carbocycles. The van der Waals surface area contributed by atoms with Gasteiger partial charge in [-0.25, -0.2) is 4.98 Å². The van der Waals surface area contributed by atoms with Gasteiger partial charge in [0.2, 0.25) is 11.8 Å². The van der Waals surface area contributed by atoms with Gasteiger partial charge >= 0.3 is 0 Å². The van der Waals surface area contributed by atoms with Crippen LogP contribution in [0.3, 0.4) is 0 Å². The second kappa shape index (κ2) is 6.32. The standard InChI is InChI=1S/C17H21N3O2/c1-11-8-9-18-16(21)15(11)19-10-14-12(2)20-17(22-14)13-6-4-3-5-7-13/h3-7,11,15,19H,8-10H2,1-2H3,(H,18,21). The molecule has 1 saturated heterocycles. The van der Waals surface area contributed by atoms with Crippen LogP contribution in [0.5, 0.6) is 0 Å². The first-order valence-electron chi connectivity index (χ1n) is 7.68. The lowest BCUT2D eigenvalue weighted by atomic mass is 9.94. The van der Waals surface area contributed by atoms with E-state index in [2.05, 4.69) is 22.5 Å². The third-order valence-corrected chi connectivity index (χ3v) is 4.15. The molecule has 1 amide bonds. The van der Waals surface area contributed by atoms with Crippen LogP contribution < -0.4 is 10.6 Å². The van der Waals surface area contributed by atoms with Gasteiger partial charge in [0.1, 0.15) is 5.76 Å². The van der Waals surface area contributed by atoms with Gasteiger partial charge in [0.05, 0.1) is 18.3 Å². The van der Waals surface area contributed by atoms with Crippen molar-refractivity contribution in [2.24, 2.45) is 5.92 Å². The fraction of sp³-hybridized carbons (Fsp3) is 0.412. The van der Waals surface area contributed by atoms with Crippen LogP contribution >= 0.6 is 0 Å². The molecule has 2 heterocycles. The predicted molar refractivity (Wildman–Crippen MR) is 84.1 cm³/mol. The minimum Gasteiger partial charge on any atom is -0.440 e. The molecular formula is C17H21N3O2. The molecule has 22 heavy (non-hydrogen) atoms. The Labute approximate surface area is 130 Å². The van der Waals surface area contributed by atoms with Crippen LogP contribution in [-0.2, 0) is 11.3 Å². The second-order valence-corrected chi connectivity index (χ2v) is 5.81. The van der Waals surface area contributed by atoms with E-state index in [0.29, 0.717) is 18.4 Å². The smallest absolute Gasteiger partial charge is 0.237 e. The molecule has 1 aromatic heterocycles. The van der Waals surface area contributed by atoms with Crippen LogP contribution in [0.2, 0.25) is 0 Å². The summed E-state index contributed by atoms with van der Waals surface area (Å²) in [7, 11) is 0. The molecule has 1 fully saturated rings. The number of carbonyl (C=O) groups excluding carboxylic acids is 1. The molecule has 116 valence electrons. The molecule has 2 aromatic rings. The molecule has 2 N–H and O–H groups in total. The highest BCUT2D eigenvalue weighted by Crippen LogP contribution is 2.22. The lowest BCUT2D eigenvalue weighted by Crippen LogP contribution is -2.52. The summed E-state index contributed by atoms with van der Waals surface area (Å²) >= 11 is 0. The summed E-state index contributed by atoms with van der Waals surface area (Å²) in [6, 6.07) is 9.66.